The van der Waals surface area contributed by atoms with Crippen LogP contribution >= 0.6 is 0 Å². The van der Waals surface area contributed by atoms with Gasteiger partial charge in [-0.1, -0.05) is 30.3 Å². The van der Waals surface area contributed by atoms with E-state index in [-0.39, 0.29) is 5.82 Å². The van der Waals surface area contributed by atoms with E-state index in [0.717, 1.165) is 5.69 Å². The Bertz CT molecular complexity index is 979. The van der Waals surface area contributed by atoms with Crippen molar-refractivity contribution in [3.63, 3.8) is 0 Å². The summed E-state index contributed by atoms with van der Waals surface area (Å²) in [5.41, 5.74) is 1.68. The first kappa shape index (κ1) is 14.4. The molecule has 0 spiro atoms. The summed E-state index contributed by atoms with van der Waals surface area (Å²) in [6, 6.07) is 20.3. The van der Waals surface area contributed by atoms with Crippen LogP contribution in [0.1, 0.15) is 5.89 Å². The third-order valence-corrected chi connectivity index (χ3v) is 3.75. The van der Waals surface area contributed by atoms with Crippen molar-refractivity contribution in [1.82, 2.24) is 10.2 Å². The molecule has 0 saturated carbocycles. The monoisotopic (exact) mass is 319 g/mol. The number of nitrogens with one attached hydrogen (secondary N) is 1. The second-order valence-electron chi connectivity index (χ2n) is 5.42. The van der Waals surface area contributed by atoms with Gasteiger partial charge in [0.25, 0.3) is 0 Å². The van der Waals surface area contributed by atoms with Crippen LogP contribution in [0.15, 0.2) is 71.1 Å². The average molecular weight is 319 g/mol. The molecule has 1 heterocycles. The van der Waals surface area contributed by atoms with Gasteiger partial charge in [-0.15, -0.1) is 10.2 Å². The molecule has 0 aliphatic rings. The summed E-state index contributed by atoms with van der Waals surface area (Å²) < 4.78 is 18.6. The summed E-state index contributed by atoms with van der Waals surface area (Å²) in [5.74, 6) is 0.559. The summed E-state index contributed by atoms with van der Waals surface area (Å²) in [6.07, 6.45) is 0. The highest BCUT2D eigenvalue weighted by molar-refractivity contribution is 5.85. The van der Waals surface area contributed by atoms with Crippen molar-refractivity contribution in [1.29, 1.82) is 0 Å². The number of anilines is 1. The average Bonchev–Trinajstić information content (AvgIpc) is 3.09. The maximum atomic E-state index is 13.0. The number of nitrogens with zero attached hydrogens (tertiary/aromatic N) is 2. The zero-order valence-electron chi connectivity index (χ0n) is 12.7. The summed E-state index contributed by atoms with van der Waals surface area (Å²) in [7, 11) is 0. The number of fused-ring (bicyclic) bond motifs is 1. The topological polar surface area (TPSA) is 51.0 Å². The maximum Gasteiger partial charge on any atom is 0.247 e. The molecule has 0 radical (unpaired) electrons. The van der Waals surface area contributed by atoms with E-state index in [0.29, 0.717) is 23.9 Å². The van der Waals surface area contributed by atoms with E-state index < -0.39 is 0 Å². The predicted octanol–water partition coefficient (Wildman–Crippen LogP) is 4.64. The predicted molar refractivity (Wildman–Crippen MR) is 91.0 cm³/mol. The minimum atomic E-state index is -0.295. The highest BCUT2D eigenvalue weighted by Gasteiger charge is 2.08. The number of hydrogen-bond donors (Lipinski definition) is 1. The molecule has 0 bridgehead atoms. The van der Waals surface area contributed by atoms with Crippen molar-refractivity contribution < 1.29 is 8.81 Å². The molecule has 3 aromatic carbocycles. The molecule has 0 amide bonds. The second kappa shape index (κ2) is 6.12. The van der Waals surface area contributed by atoms with Crippen LogP contribution in [0.25, 0.3) is 22.2 Å². The van der Waals surface area contributed by atoms with Gasteiger partial charge < -0.3 is 9.73 Å². The van der Waals surface area contributed by atoms with E-state index in [2.05, 4.69) is 39.8 Å². The molecule has 0 aliphatic carbocycles. The first-order valence-corrected chi connectivity index (χ1v) is 7.59. The molecule has 0 aliphatic heterocycles. The first-order valence-electron chi connectivity index (χ1n) is 7.59. The van der Waals surface area contributed by atoms with Crippen LogP contribution in [0.5, 0.6) is 0 Å². The van der Waals surface area contributed by atoms with Gasteiger partial charge in [0.15, 0.2) is 0 Å². The Hall–Kier alpha value is -3.21. The fourth-order valence-corrected chi connectivity index (χ4v) is 2.51. The largest absolute Gasteiger partial charge is 0.419 e. The molecule has 0 saturated heterocycles. The van der Waals surface area contributed by atoms with Crippen molar-refractivity contribution in [2.24, 2.45) is 0 Å². The van der Waals surface area contributed by atoms with Crippen LogP contribution in [0, 0.1) is 5.82 Å². The number of benzene rings is 3. The summed E-state index contributed by atoms with van der Waals surface area (Å²) in [4.78, 5) is 0. The zero-order valence-corrected chi connectivity index (χ0v) is 12.7. The van der Waals surface area contributed by atoms with Crippen molar-refractivity contribution in [3.05, 3.63) is 78.4 Å². The Morgan fingerprint density at radius 1 is 0.875 bits per heavy atom. The van der Waals surface area contributed by atoms with Crippen molar-refractivity contribution >= 4 is 16.5 Å². The van der Waals surface area contributed by atoms with Crippen LogP contribution in [0.3, 0.4) is 0 Å². The molecule has 118 valence electrons. The highest BCUT2D eigenvalue weighted by atomic mass is 19.1. The summed E-state index contributed by atoms with van der Waals surface area (Å²) >= 11 is 0. The normalized spacial score (nSPS) is 10.9. The Labute approximate surface area is 138 Å². The van der Waals surface area contributed by atoms with Gasteiger partial charge in [0, 0.05) is 11.3 Å². The molecule has 5 heteroatoms. The van der Waals surface area contributed by atoms with Crippen LogP contribution in [-0.4, -0.2) is 10.2 Å². The molecular formula is C19H14FN3O. The highest BCUT2D eigenvalue weighted by Crippen LogP contribution is 2.21. The van der Waals surface area contributed by atoms with Gasteiger partial charge in [-0.2, -0.15) is 0 Å². The van der Waals surface area contributed by atoms with Gasteiger partial charge >= 0.3 is 0 Å². The van der Waals surface area contributed by atoms with Crippen LogP contribution in [0.2, 0.25) is 0 Å². The Morgan fingerprint density at radius 3 is 2.50 bits per heavy atom. The van der Waals surface area contributed by atoms with Crippen molar-refractivity contribution in [2.45, 2.75) is 6.54 Å². The molecule has 0 fully saturated rings. The molecule has 1 aromatic heterocycles. The molecule has 1 N–H and O–H groups in total. The van der Waals surface area contributed by atoms with Crippen LogP contribution < -0.4 is 5.32 Å². The minimum absolute atomic E-state index is 0.295. The number of aromatic nitrogens is 2. The molecule has 0 unspecified atom stereocenters. The van der Waals surface area contributed by atoms with Crippen LogP contribution in [-0.2, 0) is 6.54 Å². The van der Waals surface area contributed by atoms with Gasteiger partial charge in [0.05, 0.1) is 6.54 Å². The number of rotatable bonds is 4. The minimum Gasteiger partial charge on any atom is -0.419 e. The van der Waals surface area contributed by atoms with Crippen LogP contribution in [0.4, 0.5) is 10.1 Å². The van der Waals surface area contributed by atoms with Gasteiger partial charge in [-0.25, -0.2) is 4.39 Å². The van der Waals surface area contributed by atoms with Gasteiger partial charge in [-0.3, -0.25) is 0 Å². The molecule has 24 heavy (non-hydrogen) atoms. The second-order valence-corrected chi connectivity index (χ2v) is 5.42. The van der Waals surface area contributed by atoms with E-state index in [1.807, 2.05) is 18.2 Å². The third-order valence-electron chi connectivity index (χ3n) is 3.75. The fourth-order valence-electron chi connectivity index (χ4n) is 2.51. The van der Waals surface area contributed by atoms with E-state index in [1.54, 1.807) is 12.1 Å². The van der Waals surface area contributed by atoms with Gasteiger partial charge in [-0.05, 0) is 47.2 Å². The van der Waals surface area contributed by atoms with E-state index in [9.17, 15) is 4.39 Å². The van der Waals surface area contributed by atoms with Gasteiger partial charge in [0.1, 0.15) is 5.82 Å². The smallest absolute Gasteiger partial charge is 0.247 e. The molecule has 4 nitrogen and oxygen atoms in total. The Balaban J connectivity index is 1.48. The fraction of sp³-hybridized carbons (Fsp3) is 0.0526. The Morgan fingerprint density at radius 2 is 1.67 bits per heavy atom. The Kier molecular flexibility index (Phi) is 3.67. The van der Waals surface area contributed by atoms with Crippen molar-refractivity contribution in [3.8, 4) is 11.5 Å². The lowest BCUT2D eigenvalue weighted by atomic mass is 10.1. The van der Waals surface area contributed by atoms with Crippen molar-refractivity contribution in [2.75, 3.05) is 5.32 Å². The first-order chi connectivity index (χ1) is 11.8. The summed E-state index contributed by atoms with van der Waals surface area (Å²) in [5, 5.41) is 13.7. The van der Waals surface area contributed by atoms with Gasteiger partial charge in [0.2, 0.25) is 11.8 Å². The molecular weight excluding hydrogens is 305 g/mol. The molecule has 4 rings (SSSR count). The lowest BCUT2D eigenvalue weighted by Gasteiger charge is -2.05. The maximum absolute atomic E-state index is 13.0. The van der Waals surface area contributed by atoms with E-state index in [1.165, 1.54) is 22.9 Å². The molecule has 0 atom stereocenters. The molecule has 4 aromatic rings. The zero-order chi connectivity index (χ0) is 16.4. The SMILES string of the molecule is Fc1ccc(-c2nnc(CNc3ccc4ccccc4c3)o2)cc1. The lowest BCUT2D eigenvalue weighted by molar-refractivity contribution is 0.515. The lowest BCUT2D eigenvalue weighted by Crippen LogP contribution is -1.99. The van der Waals surface area contributed by atoms with E-state index in [4.69, 9.17) is 4.42 Å². The summed E-state index contributed by atoms with van der Waals surface area (Å²) in [6.45, 7) is 0.423. The quantitative estimate of drug-likeness (QED) is 0.595. The van der Waals surface area contributed by atoms with E-state index >= 15 is 0 Å². The number of hydrogen-bond acceptors (Lipinski definition) is 4. The third kappa shape index (κ3) is 2.96. The number of halogens is 1. The standard InChI is InChI=1S/C19H14FN3O/c20-16-8-5-14(6-9-16)19-23-22-18(24-19)12-21-17-10-7-13-3-1-2-4-15(13)11-17/h1-11,21H,12H2.